The monoisotopic (exact) mass is 410 g/mol. The highest BCUT2D eigenvalue weighted by atomic mass is 16.2. The number of imidazole rings is 1. The number of aromatic nitrogens is 4. The number of fused-ring (bicyclic) bond motifs is 1. The Bertz CT molecular complexity index is 1170. The molecule has 160 valence electrons. The molecule has 8 heteroatoms. The van der Waals surface area contributed by atoms with E-state index in [4.69, 9.17) is 0 Å². The molecule has 3 rings (SSSR count). The average molecular weight is 411 g/mol. The molecule has 0 spiro atoms. The number of anilines is 1. The Morgan fingerprint density at radius 2 is 1.83 bits per heavy atom. The van der Waals surface area contributed by atoms with Crippen LogP contribution >= 0.6 is 0 Å². The first-order valence-corrected chi connectivity index (χ1v) is 10.3. The lowest BCUT2D eigenvalue weighted by atomic mass is 10.1. The Morgan fingerprint density at radius 3 is 2.50 bits per heavy atom. The van der Waals surface area contributed by atoms with Crippen molar-refractivity contribution in [3.8, 4) is 0 Å². The molecule has 3 aromatic rings. The quantitative estimate of drug-likeness (QED) is 0.457. The van der Waals surface area contributed by atoms with Gasteiger partial charge in [0, 0.05) is 26.4 Å². The smallest absolute Gasteiger partial charge is 0.303 e. The van der Waals surface area contributed by atoms with Crippen LogP contribution in [0.3, 0.4) is 0 Å². The van der Waals surface area contributed by atoms with Gasteiger partial charge in [0.1, 0.15) is 0 Å². The highest BCUT2D eigenvalue weighted by Crippen LogP contribution is 2.17. The zero-order valence-electron chi connectivity index (χ0n) is 18.3. The third kappa shape index (κ3) is 4.53. The molecule has 0 aliphatic rings. The van der Waals surface area contributed by atoms with E-state index in [1.54, 1.807) is 7.05 Å². The molecule has 30 heavy (non-hydrogen) atoms. The van der Waals surface area contributed by atoms with Crippen molar-refractivity contribution in [2.45, 2.75) is 46.6 Å². The lowest BCUT2D eigenvalue weighted by Gasteiger charge is -2.10. The molecule has 2 aromatic heterocycles. The highest BCUT2D eigenvalue weighted by Gasteiger charge is 2.19. The summed E-state index contributed by atoms with van der Waals surface area (Å²) in [5.41, 5.74) is 5.24. The van der Waals surface area contributed by atoms with E-state index in [-0.39, 0.29) is 5.56 Å². The van der Waals surface area contributed by atoms with Crippen LogP contribution in [-0.2, 0) is 27.1 Å². The van der Waals surface area contributed by atoms with Crippen LogP contribution in [0.15, 0.2) is 45.0 Å². The molecular formula is C22H30N6O2. The summed E-state index contributed by atoms with van der Waals surface area (Å²) in [6, 6.07) is 10.2. The average Bonchev–Trinajstić information content (AvgIpc) is 3.08. The van der Waals surface area contributed by atoms with Crippen LogP contribution < -0.4 is 16.7 Å². The topological polar surface area (TPSA) is 86.2 Å². The first kappa shape index (κ1) is 21.5. The second-order valence-electron chi connectivity index (χ2n) is 8.11. The molecule has 0 radical (unpaired) electrons. The van der Waals surface area contributed by atoms with Crippen molar-refractivity contribution in [3.05, 3.63) is 56.7 Å². The van der Waals surface area contributed by atoms with Gasteiger partial charge in [-0.15, -0.1) is 0 Å². The maximum absolute atomic E-state index is 12.9. The molecule has 0 amide bonds. The van der Waals surface area contributed by atoms with E-state index < -0.39 is 5.69 Å². The zero-order chi connectivity index (χ0) is 21.8. The van der Waals surface area contributed by atoms with Gasteiger partial charge in [0.15, 0.2) is 11.2 Å². The number of aryl methyl sites for hydroxylation is 3. The Labute approximate surface area is 175 Å². The van der Waals surface area contributed by atoms with Gasteiger partial charge in [-0.05, 0) is 37.7 Å². The van der Waals surface area contributed by atoms with Crippen molar-refractivity contribution in [1.29, 1.82) is 0 Å². The SMILES string of the molecule is C/C(CC(C)C)=N\Nc1nc2c(c(=O)n(C)c(=O)n2C)n1CCCc1ccccc1. The molecule has 0 aliphatic heterocycles. The minimum atomic E-state index is -0.396. The molecule has 1 aromatic carbocycles. The van der Waals surface area contributed by atoms with Gasteiger partial charge in [-0.2, -0.15) is 10.1 Å². The van der Waals surface area contributed by atoms with Gasteiger partial charge in [-0.3, -0.25) is 13.9 Å². The largest absolute Gasteiger partial charge is 0.332 e. The van der Waals surface area contributed by atoms with E-state index in [1.807, 2.05) is 29.7 Å². The third-order valence-corrected chi connectivity index (χ3v) is 5.09. The summed E-state index contributed by atoms with van der Waals surface area (Å²) in [6.07, 6.45) is 2.56. The van der Waals surface area contributed by atoms with Crippen molar-refractivity contribution >= 4 is 22.8 Å². The molecule has 0 saturated heterocycles. The van der Waals surface area contributed by atoms with Crippen molar-refractivity contribution < 1.29 is 0 Å². The van der Waals surface area contributed by atoms with Crippen LogP contribution in [0.4, 0.5) is 5.95 Å². The second-order valence-corrected chi connectivity index (χ2v) is 8.11. The highest BCUT2D eigenvalue weighted by molar-refractivity contribution is 5.83. The van der Waals surface area contributed by atoms with E-state index >= 15 is 0 Å². The summed E-state index contributed by atoms with van der Waals surface area (Å²) in [7, 11) is 3.12. The van der Waals surface area contributed by atoms with Gasteiger partial charge in [-0.25, -0.2) is 10.2 Å². The number of hydrazone groups is 1. The third-order valence-electron chi connectivity index (χ3n) is 5.09. The molecule has 8 nitrogen and oxygen atoms in total. The van der Waals surface area contributed by atoms with Crippen LogP contribution in [0, 0.1) is 5.92 Å². The van der Waals surface area contributed by atoms with Crippen LogP contribution in [0.5, 0.6) is 0 Å². The summed E-state index contributed by atoms with van der Waals surface area (Å²) in [5.74, 6) is 0.966. The van der Waals surface area contributed by atoms with Crippen LogP contribution in [0.25, 0.3) is 11.2 Å². The van der Waals surface area contributed by atoms with Gasteiger partial charge in [0.05, 0.1) is 0 Å². The summed E-state index contributed by atoms with van der Waals surface area (Å²) in [6.45, 7) is 6.82. The van der Waals surface area contributed by atoms with Gasteiger partial charge in [-0.1, -0.05) is 44.2 Å². The van der Waals surface area contributed by atoms with Crippen LogP contribution in [0.2, 0.25) is 0 Å². The molecule has 1 N–H and O–H groups in total. The fourth-order valence-corrected chi connectivity index (χ4v) is 3.62. The minimum Gasteiger partial charge on any atom is -0.303 e. The van der Waals surface area contributed by atoms with Crippen molar-refractivity contribution in [1.82, 2.24) is 18.7 Å². The Hall–Kier alpha value is -3.16. The standard InChI is InChI=1S/C22H30N6O2/c1-15(2)14-16(3)24-25-21-23-19-18(20(29)27(5)22(30)26(19)4)28(21)13-9-12-17-10-7-6-8-11-17/h6-8,10-11,15H,9,12-14H2,1-5H3,(H,23,25)/b24-16+. The predicted octanol–water partition coefficient (Wildman–Crippen LogP) is 2.90. The minimum absolute atomic E-state index is 0.351. The number of hydrogen-bond acceptors (Lipinski definition) is 5. The maximum Gasteiger partial charge on any atom is 0.332 e. The number of benzene rings is 1. The molecule has 0 unspecified atom stereocenters. The fraction of sp³-hybridized carbons (Fsp3) is 0.455. The summed E-state index contributed by atoms with van der Waals surface area (Å²) in [5, 5.41) is 4.45. The van der Waals surface area contributed by atoms with E-state index in [2.05, 4.69) is 41.5 Å². The van der Waals surface area contributed by atoms with Crippen LogP contribution in [-0.4, -0.2) is 24.4 Å². The summed E-state index contributed by atoms with van der Waals surface area (Å²) in [4.78, 5) is 29.8. The molecule has 0 atom stereocenters. The molecular weight excluding hydrogens is 380 g/mol. The number of nitrogens with zero attached hydrogens (tertiary/aromatic N) is 5. The molecule has 0 bridgehead atoms. The zero-order valence-corrected chi connectivity index (χ0v) is 18.3. The molecule has 2 heterocycles. The van der Waals surface area contributed by atoms with E-state index in [9.17, 15) is 9.59 Å². The Balaban J connectivity index is 1.99. The number of rotatable bonds is 8. The summed E-state index contributed by atoms with van der Waals surface area (Å²) >= 11 is 0. The normalized spacial score (nSPS) is 12.1. The van der Waals surface area contributed by atoms with Gasteiger partial charge in [0.25, 0.3) is 5.56 Å². The van der Waals surface area contributed by atoms with Gasteiger partial charge in [0.2, 0.25) is 5.95 Å². The first-order valence-electron chi connectivity index (χ1n) is 10.3. The number of hydrogen-bond donors (Lipinski definition) is 1. The summed E-state index contributed by atoms with van der Waals surface area (Å²) < 4.78 is 4.36. The molecule has 0 aliphatic carbocycles. The maximum atomic E-state index is 12.9. The van der Waals surface area contributed by atoms with E-state index in [1.165, 1.54) is 17.2 Å². The van der Waals surface area contributed by atoms with Crippen molar-refractivity contribution in [3.63, 3.8) is 0 Å². The Kier molecular flexibility index (Phi) is 6.54. The van der Waals surface area contributed by atoms with Gasteiger partial charge < -0.3 is 4.57 Å². The molecule has 0 fully saturated rings. The predicted molar refractivity (Wildman–Crippen MR) is 121 cm³/mol. The van der Waals surface area contributed by atoms with Crippen molar-refractivity contribution in [2.24, 2.45) is 25.1 Å². The van der Waals surface area contributed by atoms with E-state index in [0.29, 0.717) is 29.6 Å². The molecule has 0 saturated carbocycles. The lowest BCUT2D eigenvalue weighted by Crippen LogP contribution is -2.37. The fourth-order valence-electron chi connectivity index (χ4n) is 3.62. The lowest BCUT2D eigenvalue weighted by molar-refractivity contribution is 0.650. The number of nitrogens with one attached hydrogen (secondary N) is 1. The van der Waals surface area contributed by atoms with Crippen LogP contribution in [0.1, 0.15) is 39.2 Å². The van der Waals surface area contributed by atoms with Gasteiger partial charge >= 0.3 is 5.69 Å². The Morgan fingerprint density at radius 1 is 1.13 bits per heavy atom. The first-order chi connectivity index (χ1) is 14.3. The van der Waals surface area contributed by atoms with Crippen molar-refractivity contribution in [2.75, 3.05) is 5.43 Å². The van der Waals surface area contributed by atoms with E-state index in [0.717, 1.165) is 29.5 Å². The second kappa shape index (κ2) is 9.11.